The molecule has 0 radical (unpaired) electrons. The molecule has 0 spiro atoms. The van der Waals surface area contributed by atoms with Gasteiger partial charge in [-0.2, -0.15) is 19.1 Å². The van der Waals surface area contributed by atoms with Crippen LogP contribution in [0.4, 0.5) is 20.4 Å². The largest absolute Gasteiger partial charge is 0.490 e. The van der Waals surface area contributed by atoms with Crippen molar-refractivity contribution in [3.8, 4) is 28.8 Å². The predicted octanol–water partition coefficient (Wildman–Crippen LogP) is 4.77. The molecule has 0 aliphatic rings. The van der Waals surface area contributed by atoms with E-state index >= 15 is 0 Å². The van der Waals surface area contributed by atoms with Gasteiger partial charge in [-0.05, 0) is 38.5 Å². The molecule has 4 rings (SSSR count). The van der Waals surface area contributed by atoms with E-state index in [1.165, 1.54) is 12.3 Å². The Kier molecular flexibility index (Phi) is 6.23. The van der Waals surface area contributed by atoms with Gasteiger partial charge in [0.15, 0.2) is 5.82 Å². The molecule has 0 unspecified atom stereocenters. The second-order valence-corrected chi connectivity index (χ2v) is 8.16. The van der Waals surface area contributed by atoms with E-state index < -0.39 is 12.0 Å². The molecule has 0 aromatic carbocycles. The van der Waals surface area contributed by atoms with E-state index in [1.54, 1.807) is 43.0 Å². The lowest BCUT2D eigenvalue weighted by molar-refractivity contribution is -0.0528. The summed E-state index contributed by atoms with van der Waals surface area (Å²) in [4.78, 5) is 12.4. The number of halogens is 2. The van der Waals surface area contributed by atoms with Crippen LogP contribution in [0.5, 0.6) is 11.6 Å². The van der Waals surface area contributed by atoms with Crippen LogP contribution >= 0.6 is 0 Å². The Morgan fingerprint density at radius 2 is 1.94 bits per heavy atom. The van der Waals surface area contributed by atoms with Crippen LogP contribution in [0.25, 0.3) is 16.6 Å². The van der Waals surface area contributed by atoms with Gasteiger partial charge in [-0.25, -0.2) is 14.5 Å². The van der Waals surface area contributed by atoms with Crippen molar-refractivity contribution in [1.29, 1.82) is 5.26 Å². The number of hydrogen-bond donors (Lipinski definition) is 1. The van der Waals surface area contributed by atoms with Gasteiger partial charge >= 0.3 is 6.61 Å². The number of ether oxygens (including phenoxy) is 2. The van der Waals surface area contributed by atoms with Crippen molar-refractivity contribution in [2.45, 2.75) is 27.4 Å². The first-order chi connectivity index (χ1) is 16.2. The number of rotatable bonds is 8. The van der Waals surface area contributed by atoms with Crippen LogP contribution in [-0.4, -0.2) is 37.8 Å². The Morgan fingerprint density at radius 1 is 1.12 bits per heavy atom. The molecule has 34 heavy (non-hydrogen) atoms. The first kappa shape index (κ1) is 22.8. The highest BCUT2D eigenvalue weighted by atomic mass is 19.3. The van der Waals surface area contributed by atoms with Gasteiger partial charge < -0.3 is 14.8 Å². The third-order valence-electron chi connectivity index (χ3n) is 4.75. The van der Waals surface area contributed by atoms with Crippen LogP contribution in [-0.2, 0) is 0 Å². The summed E-state index contributed by atoms with van der Waals surface area (Å²) in [6.45, 7) is 2.40. The minimum atomic E-state index is -3.01. The third kappa shape index (κ3) is 5.35. The second-order valence-electron chi connectivity index (χ2n) is 8.16. The summed E-state index contributed by atoms with van der Waals surface area (Å²) in [7, 11) is 0. The fourth-order valence-corrected chi connectivity index (χ4v) is 3.02. The topological polar surface area (TPSA) is 110 Å². The van der Waals surface area contributed by atoms with Gasteiger partial charge in [-0.1, -0.05) is 0 Å². The SMILES string of the molecule is Cc1cnc(Nc2cc3cc(-c4cc(OC(F)F)ncc4OCC(C)(C)C#N)ccn3n2)cn1. The van der Waals surface area contributed by atoms with E-state index in [2.05, 4.69) is 36.2 Å². The van der Waals surface area contributed by atoms with Gasteiger partial charge in [0.1, 0.15) is 18.2 Å². The van der Waals surface area contributed by atoms with Crippen molar-refractivity contribution >= 4 is 17.2 Å². The van der Waals surface area contributed by atoms with Crippen LogP contribution in [0.2, 0.25) is 0 Å². The average molecular weight is 465 g/mol. The van der Waals surface area contributed by atoms with E-state index in [0.717, 1.165) is 11.2 Å². The summed E-state index contributed by atoms with van der Waals surface area (Å²) < 4.78 is 37.5. The quantitative estimate of drug-likeness (QED) is 0.396. The molecule has 0 atom stereocenters. The van der Waals surface area contributed by atoms with E-state index in [-0.39, 0.29) is 12.5 Å². The maximum absolute atomic E-state index is 12.8. The molecule has 4 heterocycles. The number of nitriles is 1. The van der Waals surface area contributed by atoms with Gasteiger partial charge in [-0.15, -0.1) is 0 Å². The zero-order valence-corrected chi connectivity index (χ0v) is 18.7. The Morgan fingerprint density at radius 3 is 2.65 bits per heavy atom. The normalized spacial score (nSPS) is 11.4. The molecule has 4 aromatic heterocycles. The highest BCUT2D eigenvalue weighted by molar-refractivity contribution is 5.75. The number of nitrogens with zero attached hydrogens (tertiary/aromatic N) is 6. The van der Waals surface area contributed by atoms with Crippen molar-refractivity contribution in [2.75, 3.05) is 11.9 Å². The third-order valence-corrected chi connectivity index (χ3v) is 4.75. The number of aromatic nitrogens is 5. The van der Waals surface area contributed by atoms with Crippen LogP contribution in [0.1, 0.15) is 19.5 Å². The molecule has 0 amide bonds. The molecule has 0 fully saturated rings. The number of nitrogens with one attached hydrogen (secondary N) is 1. The van der Waals surface area contributed by atoms with Crippen LogP contribution < -0.4 is 14.8 Å². The molecule has 0 bridgehead atoms. The van der Waals surface area contributed by atoms with Crippen LogP contribution in [0.15, 0.2) is 49.1 Å². The van der Waals surface area contributed by atoms with Gasteiger partial charge in [0, 0.05) is 23.9 Å². The van der Waals surface area contributed by atoms with Gasteiger partial charge in [0.25, 0.3) is 0 Å². The van der Waals surface area contributed by atoms with Crippen LogP contribution in [0, 0.1) is 23.7 Å². The molecule has 0 aliphatic heterocycles. The van der Waals surface area contributed by atoms with E-state index in [4.69, 9.17) is 4.74 Å². The number of fused-ring (bicyclic) bond motifs is 1. The monoisotopic (exact) mass is 465 g/mol. The standard InChI is InChI=1S/C23H21F2N7O2/c1-14-9-28-20(11-27-14)30-19-7-16-6-15(4-5-32(16)31-19)17-8-21(34-22(24)25)29-10-18(17)33-13-23(2,3)12-26/h4-11,22H,13H2,1-3H3,(H,28,30,31). The minimum absolute atomic E-state index is 0.0911. The van der Waals surface area contributed by atoms with E-state index in [9.17, 15) is 14.0 Å². The van der Waals surface area contributed by atoms with E-state index in [0.29, 0.717) is 28.5 Å². The Labute approximate surface area is 194 Å². The Hall–Kier alpha value is -4.33. The lowest BCUT2D eigenvalue weighted by Crippen LogP contribution is -2.19. The van der Waals surface area contributed by atoms with E-state index in [1.807, 2.05) is 19.1 Å². The summed E-state index contributed by atoms with van der Waals surface area (Å²) in [5.41, 5.74) is 1.94. The summed E-state index contributed by atoms with van der Waals surface area (Å²) in [6, 6.07) is 8.93. The van der Waals surface area contributed by atoms with Gasteiger partial charge in [-0.3, -0.25) is 4.98 Å². The Balaban J connectivity index is 1.67. The lowest BCUT2D eigenvalue weighted by atomic mass is 9.97. The van der Waals surface area contributed by atoms with Gasteiger partial charge in [0.05, 0.1) is 41.3 Å². The van der Waals surface area contributed by atoms with Crippen molar-refractivity contribution in [3.05, 3.63) is 54.7 Å². The molecule has 4 aromatic rings. The maximum Gasteiger partial charge on any atom is 0.388 e. The second kappa shape index (κ2) is 9.27. The fourth-order valence-electron chi connectivity index (χ4n) is 3.02. The highest BCUT2D eigenvalue weighted by Gasteiger charge is 2.20. The predicted molar refractivity (Wildman–Crippen MR) is 120 cm³/mol. The number of aryl methyl sites for hydroxylation is 1. The zero-order valence-electron chi connectivity index (χ0n) is 18.7. The van der Waals surface area contributed by atoms with Crippen molar-refractivity contribution in [3.63, 3.8) is 0 Å². The van der Waals surface area contributed by atoms with Crippen LogP contribution in [0.3, 0.4) is 0 Å². The van der Waals surface area contributed by atoms with Crippen molar-refractivity contribution in [2.24, 2.45) is 5.41 Å². The maximum atomic E-state index is 12.8. The molecular weight excluding hydrogens is 444 g/mol. The van der Waals surface area contributed by atoms with Crippen molar-refractivity contribution in [1.82, 2.24) is 24.6 Å². The summed E-state index contributed by atoms with van der Waals surface area (Å²) >= 11 is 0. The molecule has 1 N–H and O–H groups in total. The summed E-state index contributed by atoms with van der Waals surface area (Å²) in [5.74, 6) is 1.19. The first-order valence-corrected chi connectivity index (χ1v) is 10.3. The number of hydrogen-bond acceptors (Lipinski definition) is 8. The molecule has 0 aliphatic carbocycles. The van der Waals surface area contributed by atoms with Gasteiger partial charge in [0.2, 0.25) is 5.88 Å². The average Bonchev–Trinajstić information content (AvgIpc) is 3.21. The number of pyridine rings is 2. The van der Waals surface area contributed by atoms with Crippen molar-refractivity contribution < 1.29 is 18.3 Å². The molecule has 11 heteroatoms. The highest BCUT2D eigenvalue weighted by Crippen LogP contribution is 2.34. The fraction of sp³-hybridized carbons (Fsp3) is 0.261. The molecule has 174 valence electrons. The zero-order chi connectivity index (χ0) is 24.3. The summed E-state index contributed by atoms with van der Waals surface area (Å²) in [6.07, 6.45) is 6.30. The smallest absolute Gasteiger partial charge is 0.388 e. The Bertz CT molecular complexity index is 1350. The first-order valence-electron chi connectivity index (χ1n) is 10.3. The number of alkyl halides is 2. The molecule has 0 saturated heterocycles. The molecule has 9 nitrogen and oxygen atoms in total. The lowest BCUT2D eigenvalue weighted by Gasteiger charge is -2.18. The summed E-state index contributed by atoms with van der Waals surface area (Å²) in [5, 5.41) is 16.8. The minimum Gasteiger partial charge on any atom is -0.490 e. The molecule has 0 saturated carbocycles. The molecular formula is C23H21F2N7O2. The number of anilines is 2.